The Balaban J connectivity index is 0.00000100. The molecule has 1 aliphatic rings. The predicted molar refractivity (Wildman–Crippen MR) is 277 cm³/mol. The maximum Gasteiger partial charge on any atom is 0.399 e. The predicted octanol–water partition coefficient (Wildman–Crippen LogP) is 9.57. The number of azo groups is 1. The summed E-state index contributed by atoms with van der Waals surface area (Å²) in [6, 6.07) is 37.6. The molecule has 0 unspecified atom stereocenters. The fraction of sp³-hybridized carbons (Fsp3) is 0.234. The molecule has 5 aromatic rings. The van der Waals surface area contributed by atoms with Gasteiger partial charge >= 0.3 is 10.4 Å². The van der Waals surface area contributed by atoms with Gasteiger partial charge in [-0.1, -0.05) is 20.9 Å². The van der Waals surface area contributed by atoms with Crippen LogP contribution in [0.15, 0.2) is 173 Å². The quantitative estimate of drug-likeness (QED) is 0.0265. The van der Waals surface area contributed by atoms with Crippen molar-refractivity contribution < 1.29 is 48.8 Å². The Morgan fingerprint density at radius 2 is 1.19 bits per heavy atom. The minimum absolute atomic E-state index is 0. The highest BCUT2D eigenvalue weighted by Crippen LogP contribution is 2.24. The number of hydrazone groups is 1. The number of likely N-dealkylation sites (N-methyl/N-ethyl adjacent to an activating group) is 1. The number of allylic oxidation sites excluding steroid dienone is 3. The zero-order chi connectivity index (χ0) is 49.7. The van der Waals surface area contributed by atoms with Crippen LogP contribution in [0.1, 0.15) is 20.5 Å². The average molecular weight is 1030 g/mol. The fourth-order valence-corrected chi connectivity index (χ4v) is 4.97. The first-order valence-corrected chi connectivity index (χ1v) is 23.6. The van der Waals surface area contributed by atoms with Crippen molar-refractivity contribution in [1.82, 2.24) is 4.90 Å². The van der Waals surface area contributed by atoms with E-state index in [9.17, 15) is 16.8 Å². The van der Waals surface area contributed by atoms with E-state index in [4.69, 9.17) is 37.9 Å². The summed E-state index contributed by atoms with van der Waals surface area (Å²) in [4.78, 5) is 1.99. The van der Waals surface area contributed by atoms with E-state index >= 15 is 0 Å². The molecule has 1 aromatic heterocycles. The van der Waals surface area contributed by atoms with Gasteiger partial charge in [0.05, 0.1) is 63.3 Å². The third-order valence-corrected chi connectivity index (χ3v) is 9.38. The Morgan fingerprint density at radius 1 is 0.739 bits per heavy atom. The molecular weight excluding hydrogens is 972 g/mol. The van der Waals surface area contributed by atoms with E-state index < -0.39 is 20.5 Å². The van der Waals surface area contributed by atoms with Gasteiger partial charge in [0.25, 0.3) is 10.1 Å². The number of methoxy groups -OCH3 is 2. The van der Waals surface area contributed by atoms with Crippen molar-refractivity contribution in [3.05, 3.63) is 163 Å². The van der Waals surface area contributed by atoms with Gasteiger partial charge in [-0.05, 0) is 115 Å². The van der Waals surface area contributed by atoms with E-state index in [0.717, 1.165) is 71.2 Å². The number of nitrogens with zero attached hydrogens (tertiary/aromatic N) is 6. The van der Waals surface area contributed by atoms with E-state index in [1.807, 2.05) is 188 Å². The van der Waals surface area contributed by atoms with E-state index in [1.54, 1.807) is 20.4 Å². The van der Waals surface area contributed by atoms with Gasteiger partial charge in [0.2, 0.25) is 5.69 Å². The number of hydrogen-bond donors (Lipinski definition) is 2. The maximum atomic E-state index is 9.92. The topological polar surface area (TPSA) is 209 Å². The van der Waals surface area contributed by atoms with Gasteiger partial charge < -0.3 is 34.6 Å². The molecule has 0 atom stereocenters. The molecule has 0 amide bonds. The van der Waals surface area contributed by atoms with Crippen molar-refractivity contribution in [1.29, 1.82) is 0 Å². The Hall–Kier alpha value is -6.36. The summed E-state index contributed by atoms with van der Waals surface area (Å²) in [5.74, 6) is 1.68. The molecule has 0 bridgehead atoms. The van der Waals surface area contributed by atoms with Crippen LogP contribution in [0.2, 0.25) is 0 Å². The Labute approximate surface area is 417 Å². The SMILES string of the molecule is C.C.COS(=O)(=O)OC.COc1ccc(Nc2ccc(N(C)/N=C/c3cccc[n+]3C)cc2)cc1.COc1ccc(Nc2ccc(N=N/C=C3\C=CC=CN3C)cc2)cc1.CS(=O)(=O)O[O-].ClCCl. The van der Waals surface area contributed by atoms with Gasteiger partial charge in [-0.25, -0.2) is 13.0 Å². The summed E-state index contributed by atoms with van der Waals surface area (Å²) in [5, 5.41) is 30.5. The van der Waals surface area contributed by atoms with Crippen molar-refractivity contribution in [3.63, 3.8) is 0 Å². The zero-order valence-corrected chi connectivity index (χ0v) is 41.2. The number of rotatable bonds is 14. The van der Waals surface area contributed by atoms with Gasteiger partial charge in [-0.3, -0.25) is 13.4 Å². The van der Waals surface area contributed by atoms with Crippen molar-refractivity contribution in [2.24, 2.45) is 22.4 Å². The number of benzene rings is 4. The summed E-state index contributed by atoms with van der Waals surface area (Å²) in [5.41, 5.74) is 7.87. The molecule has 0 saturated heterocycles. The van der Waals surface area contributed by atoms with Gasteiger partial charge in [-0.15, -0.1) is 23.2 Å². The van der Waals surface area contributed by atoms with Crippen LogP contribution in [-0.2, 0) is 40.3 Å². The molecule has 6 rings (SSSR count). The highest BCUT2D eigenvalue weighted by molar-refractivity contribution is 7.85. The lowest BCUT2D eigenvalue weighted by molar-refractivity contribution is -0.672. The first-order chi connectivity index (χ1) is 32.0. The highest BCUT2D eigenvalue weighted by Gasteiger charge is 2.05. The first kappa shape index (κ1) is 62.6. The summed E-state index contributed by atoms with van der Waals surface area (Å²) < 4.78 is 61.5. The Morgan fingerprint density at radius 3 is 1.58 bits per heavy atom. The van der Waals surface area contributed by atoms with Crippen LogP contribution in [-0.4, -0.2) is 82.1 Å². The molecule has 2 N–H and O–H groups in total. The third-order valence-electron chi connectivity index (χ3n) is 8.31. The lowest BCUT2D eigenvalue weighted by Crippen LogP contribution is -2.32. The third kappa shape index (κ3) is 26.1. The number of aromatic nitrogens is 1. The molecule has 22 heteroatoms. The first-order valence-electron chi connectivity index (χ1n) is 19.4. The summed E-state index contributed by atoms with van der Waals surface area (Å²) >= 11 is 9.53. The summed E-state index contributed by atoms with van der Waals surface area (Å²) in [7, 11) is 3.91. The van der Waals surface area contributed by atoms with Crippen LogP contribution in [0.3, 0.4) is 0 Å². The van der Waals surface area contributed by atoms with Crippen molar-refractivity contribution in [3.8, 4) is 11.5 Å². The minimum atomic E-state index is -3.72. The van der Waals surface area contributed by atoms with Crippen LogP contribution in [0.5, 0.6) is 11.5 Å². The number of anilines is 5. The molecule has 1 aliphatic heterocycles. The van der Waals surface area contributed by atoms with Crippen LogP contribution >= 0.6 is 23.2 Å². The van der Waals surface area contributed by atoms with E-state index in [2.05, 4.69) is 38.7 Å². The van der Waals surface area contributed by atoms with Crippen LogP contribution < -0.4 is 34.9 Å². The molecular formula is C47H62Cl2N8O10S2. The number of alkyl halides is 2. The second kappa shape index (κ2) is 34.0. The molecule has 2 heterocycles. The molecule has 0 radical (unpaired) electrons. The Bertz CT molecular complexity index is 2580. The van der Waals surface area contributed by atoms with E-state index in [0.29, 0.717) is 6.26 Å². The lowest BCUT2D eigenvalue weighted by Gasteiger charge is -2.16. The average Bonchev–Trinajstić information content (AvgIpc) is 3.34. The smallest absolute Gasteiger partial charge is 0.399 e. The van der Waals surface area contributed by atoms with Crippen LogP contribution in [0, 0.1) is 0 Å². The lowest BCUT2D eigenvalue weighted by atomic mass is 10.2. The van der Waals surface area contributed by atoms with Crippen LogP contribution in [0.25, 0.3) is 0 Å². The molecule has 376 valence electrons. The standard InChI is InChI=1S/C21H23N4O.C20H20N4O.C2H6O4S.CH2Cl2.CH4O4S.2CH4/c1-24-15-5-4-6-20(24)16-22-25(2)19-11-7-17(8-12-19)23-18-9-13-21(26-3)14-10-18;1-24-14-4-3-5-19(24)15-21-23-18-8-6-16(7-9-18)22-17-10-12-20(25-2)13-11-17;1-5-7(3,4)6-2;2-1-3;1-6(3,4)5-2;;/h4-16,23H,1-3H3;3-15,22H,1-2H3;1-2H3;1H2;2H,1H3;2*1H4/q+1;;;;;;/p-1/b;19-15+,23-21?;;;;;. The number of nitrogens with one attached hydrogen (secondary N) is 2. The molecule has 4 aromatic carbocycles. The van der Waals surface area contributed by atoms with Gasteiger partial charge in [0.15, 0.2) is 6.20 Å². The number of halogens is 2. The zero-order valence-electron chi connectivity index (χ0n) is 38.1. The van der Waals surface area contributed by atoms with Crippen molar-refractivity contribution in [2.75, 3.05) is 69.8 Å². The second-order valence-corrected chi connectivity index (χ2v) is 16.8. The molecule has 0 fully saturated rings. The molecule has 0 spiro atoms. The molecule has 69 heavy (non-hydrogen) atoms. The van der Waals surface area contributed by atoms with Crippen molar-refractivity contribution >= 4 is 84.1 Å². The number of pyridine rings is 1. The molecule has 18 nitrogen and oxygen atoms in total. The van der Waals surface area contributed by atoms with Gasteiger partial charge in [-0.2, -0.15) is 23.7 Å². The monoisotopic (exact) mass is 1030 g/mol. The number of aryl methyl sites for hydroxylation is 1. The normalized spacial score (nSPS) is 12.0. The molecule has 0 saturated carbocycles. The van der Waals surface area contributed by atoms with Crippen LogP contribution in [0.4, 0.5) is 34.1 Å². The number of ether oxygens (including phenoxy) is 2. The maximum absolute atomic E-state index is 9.92. The summed E-state index contributed by atoms with van der Waals surface area (Å²) in [6.07, 6.45) is 14.2. The summed E-state index contributed by atoms with van der Waals surface area (Å²) in [6.45, 7) is 0. The van der Waals surface area contributed by atoms with Gasteiger partial charge in [0.1, 0.15) is 24.8 Å². The largest absolute Gasteiger partial charge is 0.707 e. The Kier molecular flexibility index (Phi) is 30.9. The van der Waals surface area contributed by atoms with Gasteiger partial charge in [0, 0.05) is 55.2 Å². The minimum Gasteiger partial charge on any atom is -0.707 e. The van der Waals surface area contributed by atoms with Crippen molar-refractivity contribution in [2.45, 2.75) is 14.9 Å². The fourth-order valence-electron chi connectivity index (χ4n) is 4.83. The molecule has 0 aliphatic carbocycles. The van der Waals surface area contributed by atoms with E-state index in [1.165, 1.54) is 0 Å². The second-order valence-electron chi connectivity index (χ2n) is 13.0. The number of hydrogen-bond acceptors (Lipinski definition) is 17. The van der Waals surface area contributed by atoms with E-state index in [-0.39, 0.29) is 20.2 Å². The highest BCUT2D eigenvalue weighted by atomic mass is 35.5.